The summed E-state index contributed by atoms with van der Waals surface area (Å²) < 4.78 is 0. The van der Waals surface area contributed by atoms with Crippen LogP contribution in [-0.4, -0.2) is 26.9 Å². The number of aliphatic carboxylic acids is 1. The van der Waals surface area contributed by atoms with E-state index in [1.165, 1.54) is 11.1 Å². The van der Waals surface area contributed by atoms with E-state index in [1.807, 2.05) is 37.3 Å². The van der Waals surface area contributed by atoms with Crippen LogP contribution in [0.5, 0.6) is 5.75 Å². The molecule has 0 bridgehead atoms. The molecule has 0 aliphatic carbocycles. The zero-order chi connectivity index (χ0) is 21.0. The van der Waals surface area contributed by atoms with Crippen LogP contribution in [0.1, 0.15) is 45.6 Å². The van der Waals surface area contributed by atoms with Crippen molar-refractivity contribution in [2.75, 3.05) is 0 Å². The first-order valence-electron chi connectivity index (χ1n) is 9.26. The number of hydrogen-bond acceptors (Lipinski definition) is 5. The largest absolute Gasteiger partial charge is 0.504 e. The van der Waals surface area contributed by atoms with Crippen molar-refractivity contribution in [1.29, 1.82) is 5.26 Å². The highest BCUT2D eigenvalue weighted by Gasteiger charge is 2.21. The first-order chi connectivity index (χ1) is 13.9. The molecule has 0 saturated carbocycles. The van der Waals surface area contributed by atoms with Gasteiger partial charge < -0.3 is 10.2 Å². The van der Waals surface area contributed by atoms with Gasteiger partial charge in [0.2, 0.25) is 0 Å². The van der Waals surface area contributed by atoms with Gasteiger partial charge in [0.1, 0.15) is 17.3 Å². The van der Waals surface area contributed by atoms with E-state index < -0.39 is 17.5 Å². The number of nitriles is 1. The average molecular weight is 388 g/mol. The summed E-state index contributed by atoms with van der Waals surface area (Å²) in [5, 5.41) is 29.2. The molecule has 6 nitrogen and oxygen atoms in total. The number of aromatic hydroxyl groups is 1. The fourth-order valence-electron chi connectivity index (χ4n) is 3.33. The molecule has 0 atom stereocenters. The molecule has 29 heavy (non-hydrogen) atoms. The van der Waals surface area contributed by atoms with E-state index in [2.05, 4.69) is 11.1 Å². The van der Waals surface area contributed by atoms with Gasteiger partial charge in [-0.05, 0) is 30.9 Å². The molecule has 6 heteroatoms. The van der Waals surface area contributed by atoms with Crippen molar-refractivity contribution in [3.05, 3.63) is 70.4 Å². The summed E-state index contributed by atoms with van der Waals surface area (Å²) in [7, 11) is 0. The lowest BCUT2D eigenvalue weighted by molar-refractivity contribution is -0.136. The SMILES string of the molecule is Cc1cccc(CCc2cccc3c(C#N)c(O)c(C(=O)CCC(=O)O)nc23)c1. The smallest absolute Gasteiger partial charge is 0.303 e. The van der Waals surface area contributed by atoms with Crippen LogP contribution in [0.25, 0.3) is 10.9 Å². The minimum absolute atomic E-state index is 0.0221. The molecule has 0 radical (unpaired) electrons. The van der Waals surface area contributed by atoms with Gasteiger partial charge in [0, 0.05) is 11.8 Å². The zero-order valence-corrected chi connectivity index (χ0v) is 16.0. The Hall–Kier alpha value is -3.72. The van der Waals surface area contributed by atoms with E-state index in [4.69, 9.17) is 5.11 Å². The molecule has 0 unspecified atom stereocenters. The molecule has 3 aromatic rings. The number of fused-ring (bicyclic) bond motifs is 1. The number of carboxylic acid groups (broad SMARTS) is 1. The molecule has 3 rings (SSSR count). The highest BCUT2D eigenvalue weighted by molar-refractivity contribution is 6.02. The first kappa shape index (κ1) is 20.0. The van der Waals surface area contributed by atoms with Crippen LogP contribution in [0.2, 0.25) is 0 Å². The van der Waals surface area contributed by atoms with Gasteiger partial charge in [0.05, 0.1) is 11.9 Å². The number of rotatable bonds is 7. The molecule has 0 spiro atoms. The van der Waals surface area contributed by atoms with E-state index in [-0.39, 0.29) is 24.1 Å². The normalized spacial score (nSPS) is 10.6. The van der Waals surface area contributed by atoms with Crippen LogP contribution < -0.4 is 0 Å². The van der Waals surface area contributed by atoms with Gasteiger partial charge in [0.25, 0.3) is 0 Å². The van der Waals surface area contributed by atoms with Crippen LogP contribution in [0.15, 0.2) is 42.5 Å². The highest BCUT2D eigenvalue weighted by atomic mass is 16.4. The lowest BCUT2D eigenvalue weighted by Crippen LogP contribution is -2.08. The van der Waals surface area contributed by atoms with E-state index in [1.54, 1.807) is 12.1 Å². The number of ketones is 1. The summed E-state index contributed by atoms with van der Waals surface area (Å²) in [5.74, 6) is -2.21. The number of aromatic nitrogens is 1. The number of Topliss-reactive ketones (excluding diaryl/α,β-unsaturated/α-hetero) is 1. The Kier molecular flexibility index (Phi) is 5.89. The number of aryl methyl sites for hydroxylation is 3. The molecule has 0 aliphatic heterocycles. The van der Waals surface area contributed by atoms with Crippen molar-refractivity contribution in [2.24, 2.45) is 0 Å². The summed E-state index contributed by atoms with van der Waals surface area (Å²) >= 11 is 0. The average Bonchev–Trinajstić information content (AvgIpc) is 2.70. The van der Waals surface area contributed by atoms with Crippen molar-refractivity contribution in [3.8, 4) is 11.8 Å². The molecule has 1 heterocycles. The summed E-state index contributed by atoms with van der Waals surface area (Å²) in [6, 6.07) is 15.5. The second kappa shape index (κ2) is 8.53. The maximum absolute atomic E-state index is 12.4. The van der Waals surface area contributed by atoms with Crippen molar-refractivity contribution in [1.82, 2.24) is 4.98 Å². The summed E-state index contributed by atoms with van der Waals surface area (Å²) in [6.07, 6.45) is 0.742. The second-order valence-electron chi connectivity index (χ2n) is 6.92. The third-order valence-corrected chi connectivity index (χ3v) is 4.78. The first-order valence-corrected chi connectivity index (χ1v) is 9.26. The van der Waals surface area contributed by atoms with Gasteiger partial charge in [0.15, 0.2) is 11.5 Å². The minimum atomic E-state index is -1.11. The van der Waals surface area contributed by atoms with Crippen LogP contribution in [0.4, 0.5) is 0 Å². The minimum Gasteiger partial charge on any atom is -0.504 e. The molecule has 2 aromatic carbocycles. The van der Waals surface area contributed by atoms with E-state index in [0.717, 1.165) is 12.0 Å². The maximum Gasteiger partial charge on any atom is 0.303 e. The predicted molar refractivity (Wildman–Crippen MR) is 108 cm³/mol. The van der Waals surface area contributed by atoms with E-state index in [9.17, 15) is 20.0 Å². The number of nitrogens with zero attached hydrogens (tertiary/aromatic N) is 2. The molecular formula is C23H20N2O4. The highest BCUT2D eigenvalue weighted by Crippen LogP contribution is 2.31. The molecule has 0 aliphatic rings. The zero-order valence-electron chi connectivity index (χ0n) is 16.0. The van der Waals surface area contributed by atoms with Gasteiger partial charge in [-0.25, -0.2) is 4.98 Å². The van der Waals surface area contributed by atoms with E-state index >= 15 is 0 Å². The van der Waals surface area contributed by atoms with Crippen molar-refractivity contribution in [3.63, 3.8) is 0 Å². The number of carboxylic acids is 1. The lowest BCUT2D eigenvalue weighted by atomic mass is 9.97. The Morgan fingerprint density at radius 2 is 1.86 bits per heavy atom. The van der Waals surface area contributed by atoms with Gasteiger partial charge >= 0.3 is 5.97 Å². The summed E-state index contributed by atoms with van der Waals surface area (Å²) in [4.78, 5) is 27.5. The predicted octanol–water partition coefficient (Wildman–Crippen LogP) is 3.95. The Morgan fingerprint density at radius 3 is 2.55 bits per heavy atom. The molecule has 146 valence electrons. The topological polar surface area (TPSA) is 111 Å². The number of hydrogen-bond donors (Lipinski definition) is 2. The van der Waals surface area contributed by atoms with Crippen molar-refractivity contribution in [2.45, 2.75) is 32.6 Å². The number of benzene rings is 2. The van der Waals surface area contributed by atoms with Crippen LogP contribution in [0, 0.1) is 18.3 Å². The molecule has 0 fully saturated rings. The number of pyridine rings is 1. The quantitative estimate of drug-likeness (QED) is 0.593. The Balaban J connectivity index is 2.03. The summed E-state index contributed by atoms with van der Waals surface area (Å²) in [6.45, 7) is 2.03. The van der Waals surface area contributed by atoms with Crippen LogP contribution >= 0.6 is 0 Å². The fourth-order valence-corrected chi connectivity index (χ4v) is 3.33. The Bertz CT molecular complexity index is 1150. The standard InChI is InChI=1S/C23H20N2O4/c1-14-4-2-5-15(12-14)8-9-16-6-3-7-17-18(13-24)23(29)22(25-21(16)17)19(26)10-11-20(27)28/h2-7,12,29H,8-11H2,1H3,(H,27,28). The van der Waals surface area contributed by atoms with Crippen molar-refractivity contribution >= 4 is 22.7 Å². The van der Waals surface area contributed by atoms with Crippen molar-refractivity contribution < 1.29 is 19.8 Å². The third-order valence-electron chi connectivity index (χ3n) is 4.78. The van der Waals surface area contributed by atoms with Gasteiger partial charge in [-0.1, -0.05) is 48.0 Å². The summed E-state index contributed by atoms with van der Waals surface area (Å²) in [5.41, 5.74) is 3.39. The monoisotopic (exact) mass is 388 g/mol. The van der Waals surface area contributed by atoms with Crippen LogP contribution in [0.3, 0.4) is 0 Å². The third kappa shape index (κ3) is 4.41. The second-order valence-corrected chi connectivity index (χ2v) is 6.92. The van der Waals surface area contributed by atoms with Crippen LogP contribution in [-0.2, 0) is 17.6 Å². The molecule has 0 saturated heterocycles. The number of carbonyl (C=O) groups excluding carboxylic acids is 1. The molecule has 1 aromatic heterocycles. The Morgan fingerprint density at radius 1 is 1.10 bits per heavy atom. The van der Waals surface area contributed by atoms with Gasteiger partial charge in [-0.15, -0.1) is 0 Å². The number of carbonyl (C=O) groups is 2. The fraction of sp³-hybridized carbons (Fsp3) is 0.217. The maximum atomic E-state index is 12.4. The number of para-hydroxylation sites is 1. The molecule has 0 amide bonds. The lowest BCUT2D eigenvalue weighted by Gasteiger charge is -2.11. The van der Waals surface area contributed by atoms with Gasteiger partial charge in [-0.3, -0.25) is 9.59 Å². The molecule has 2 N–H and O–H groups in total. The van der Waals surface area contributed by atoms with E-state index in [0.29, 0.717) is 17.3 Å². The molecular weight excluding hydrogens is 368 g/mol. The Labute approximate surface area is 168 Å². The van der Waals surface area contributed by atoms with Gasteiger partial charge in [-0.2, -0.15) is 5.26 Å².